The molecule has 0 bridgehead atoms. The topological polar surface area (TPSA) is 45.7 Å². The number of hydrogen-bond acceptors (Lipinski definition) is 4. The second-order valence-electron chi connectivity index (χ2n) is 8.55. The maximum Gasteiger partial charge on any atom is 0.410 e. The van der Waals surface area contributed by atoms with Crippen molar-refractivity contribution in [1.29, 1.82) is 0 Å². The van der Waals surface area contributed by atoms with Crippen LogP contribution in [0, 0.1) is 0 Å². The molecule has 3 heterocycles. The van der Waals surface area contributed by atoms with Crippen molar-refractivity contribution in [2.24, 2.45) is 0 Å². The lowest BCUT2D eigenvalue weighted by atomic mass is 9.93. The Labute approximate surface area is 163 Å². The van der Waals surface area contributed by atoms with Crippen LogP contribution in [0.5, 0.6) is 0 Å². The third-order valence-corrected chi connectivity index (χ3v) is 5.16. The van der Waals surface area contributed by atoms with Gasteiger partial charge in [-0.1, -0.05) is 0 Å². The van der Waals surface area contributed by atoms with Crippen molar-refractivity contribution >= 4 is 11.9 Å². The molecule has 0 aliphatic carbocycles. The molecule has 3 rings (SSSR count). The summed E-state index contributed by atoms with van der Waals surface area (Å²) in [4.78, 5) is 20.9. The zero-order chi connectivity index (χ0) is 20.5. The van der Waals surface area contributed by atoms with Crippen LogP contribution in [0.1, 0.15) is 51.2 Å². The molecular formula is C20H28F3N3O2. The first-order chi connectivity index (χ1) is 13.0. The van der Waals surface area contributed by atoms with Crippen LogP contribution in [0.25, 0.3) is 0 Å². The number of carbonyl (C=O) groups excluding carboxylic acids is 1. The molecule has 0 unspecified atom stereocenters. The van der Waals surface area contributed by atoms with Gasteiger partial charge in [-0.2, -0.15) is 13.2 Å². The first-order valence-corrected chi connectivity index (χ1v) is 9.81. The van der Waals surface area contributed by atoms with Gasteiger partial charge >= 0.3 is 12.3 Å². The fourth-order valence-electron chi connectivity index (χ4n) is 3.94. The molecule has 1 saturated heterocycles. The molecule has 1 aromatic rings. The maximum absolute atomic E-state index is 12.7. The molecule has 28 heavy (non-hydrogen) atoms. The van der Waals surface area contributed by atoms with Crippen LogP contribution in [0.15, 0.2) is 12.3 Å². The first-order valence-electron chi connectivity index (χ1n) is 9.81. The monoisotopic (exact) mass is 399 g/mol. The van der Waals surface area contributed by atoms with Crippen LogP contribution in [0.3, 0.4) is 0 Å². The van der Waals surface area contributed by atoms with E-state index < -0.39 is 18.2 Å². The minimum atomic E-state index is -4.16. The number of carbonyl (C=O) groups is 1. The normalized spacial score (nSPS) is 20.3. The highest BCUT2D eigenvalue weighted by atomic mass is 19.4. The van der Waals surface area contributed by atoms with Crippen LogP contribution >= 0.6 is 0 Å². The average molecular weight is 399 g/mol. The molecule has 1 atom stereocenters. The summed E-state index contributed by atoms with van der Waals surface area (Å²) in [6.07, 6.45) is -1.48. The lowest BCUT2D eigenvalue weighted by Gasteiger charge is -2.38. The number of fused-ring (bicyclic) bond motifs is 3. The number of alkyl halides is 3. The molecule has 0 spiro atoms. The third kappa shape index (κ3) is 5.08. The van der Waals surface area contributed by atoms with E-state index in [-0.39, 0.29) is 18.6 Å². The van der Waals surface area contributed by atoms with Gasteiger partial charge < -0.3 is 14.5 Å². The summed E-state index contributed by atoms with van der Waals surface area (Å²) in [5.41, 5.74) is 1.11. The average Bonchev–Trinajstić information content (AvgIpc) is 2.80. The number of aryl methyl sites for hydroxylation is 1. The van der Waals surface area contributed by atoms with Crippen molar-refractivity contribution in [1.82, 2.24) is 9.88 Å². The van der Waals surface area contributed by atoms with Crippen molar-refractivity contribution < 1.29 is 22.7 Å². The summed E-state index contributed by atoms with van der Waals surface area (Å²) in [5.74, 6) is 0.780. The molecular weight excluding hydrogens is 371 g/mol. The van der Waals surface area contributed by atoms with Crippen molar-refractivity contribution in [2.45, 2.75) is 70.7 Å². The van der Waals surface area contributed by atoms with Crippen molar-refractivity contribution in [3.63, 3.8) is 0 Å². The molecule has 2 aliphatic heterocycles. The van der Waals surface area contributed by atoms with Gasteiger partial charge in [0.15, 0.2) is 0 Å². The highest BCUT2D eigenvalue weighted by Crippen LogP contribution is 2.34. The van der Waals surface area contributed by atoms with Gasteiger partial charge in [0, 0.05) is 38.3 Å². The Hall–Kier alpha value is -1.99. The maximum atomic E-state index is 12.7. The lowest BCUT2D eigenvalue weighted by molar-refractivity contribution is -0.134. The molecule has 1 fully saturated rings. The fourth-order valence-corrected chi connectivity index (χ4v) is 3.94. The Morgan fingerprint density at radius 1 is 1.29 bits per heavy atom. The smallest absolute Gasteiger partial charge is 0.410 e. The number of pyridine rings is 1. The van der Waals surface area contributed by atoms with E-state index in [1.165, 1.54) is 0 Å². The minimum Gasteiger partial charge on any atom is -0.444 e. The summed E-state index contributed by atoms with van der Waals surface area (Å²) in [5, 5.41) is 0. The van der Waals surface area contributed by atoms with E-state index in [1.54, 1.807) is 17.2 Å². The number of halogens is 3. The highest BCUT2D eigenvalue weighted by Gasteiger charge is 2.35. The number of amides is 1. The molecule has 0 N–H and O–H groups in total. The largest absolute Gasteiger partial charge is 0.444 e. The second-order valence-corrected chi connectivity index (χ2v) is 8.55. The van der Waals surface area contributed by atoms with Crippen LogP contribution in [-0.4, -0.2) is 53.4 Å². The van der Waals surface area contributed by atoms with E-state index in [0.717, 1.165) is 36.3 Å². The number of nitrogens with zero attached hydrogens (tertiary/aromatic N) is 3. The van der Waals surface area contributed by atoms with E-state index >= 15 is 0 Å². The number of anilines is 1. The highest BCUT2D eigenvalue weighted by molar-refractivity contribution is 5.68. The Morgan fingerprint density at radius 3 is 2.71 bits per heavy atom. The van der Waals surface area contributed by atoms with Gasteiger partial charge in [-0.15, -0.1) is 0 Å². The van der Waals surface area contributed by atoms with Crippen LogP contribution in [0.4, 0.5) is 23.8 Å². The second kappa shape index (κ2) is 7.79. The summed E-state index contributed by atoms with van der Waals surface area (Å²) >= 11 is 0. The van der Waals surface area contributed by atoms with E-state index in [9.17, 15) is 18.0 Å². The van der Waals surface area contributed by atoms with Gasteiger partial charge in [0.2, 0.25) is 0 Å². The van der Waals surface area contributed by atoms with Crippen molar-refractivity contribution in [3.05, 3.63) is 23.4 Å². The first kappa shape index (κ1) is 20.7. The van der Waals surface area contributed by atoms with E-state index in [0.29, 0.717) is 19.5 Å². The molecule has 1 amide bonds. The van der Waals surface area contributed by atoms with E-state index in [4.69, 9.17) is 4.74 Å². The molecule has 8 heteroatoms. The Kier molecular flexibility index (Phi) is 5.77. The van der Waals surface area contributed by atoms with Gasteiger partial charge in [-0.05, 0) is 63.6 Å². The van der Waals surface area contributed by atoms with Crippen molar-refractivity contribution in [2.75, 3.05) is 24.5 Å². The van der Waals surface area contributed by atoms with Crippen LogP contribution < -0.4 is 4.90 Å². The Bertz CT molecular complexity index is 716. The number of aromatic nitrogens is 1. The SMILES string of the molecule is CC(C)(C)OC(=O)N1CCCN2c3nccc(CCC(F)(F)F)c3CC[C@@H]2C1. The predicted octanol–water partition coefficient (Wildman–Crippen LogP) is 4.34. The van der Waals surface area contributed by atoms with Gasteiger partial charge in [-0.25, -0.2) is 9.78 Å². The summed E-state index contributed by atoms with van der Waals surface area (Å²) < 4.78 is 43.5. The van der Waals surface area contributed by atoms with Gasteiger partial charge in [0.25, 0.3) is 0 Å². The third-order valence-electron chi connectivity index (χ3n) is 5.16. The standard InChI is InChI=1S/C20H28F3N3O2/c1-19(2,3)28-18(27)25-11-4-12-26-15(13-25)5-6-16-14(7-9-20(21,22)23)8-10-24-17(16)26/h8,10,15H,4-7,9,11-13H2,1-3H3/t15-/m1/s1. The molecule has 156 valence electrons. The molecule has 2 aliphatic rings. The lowest BCUT2D eigenvalue weighted by Crippen LogP contribution is -2.47. The van der Waals surface area contributed by atoms with Gasteiger partial charge in [0.05, 0.1) is 0 Å². The van der Waals surface area contributed by atoms with Crippen molar-refractivity contribution in [3.8, 4) is 0 Å². The summed E-state index contributed by atoms with van der Waals surface area (Å²) in [6, 6.07) is 1.81. The Morgan fingerprint density at radius 2 is 2.04 bits per heavy atom. The van der Waals surface area contributed by atoms with Crippen LogP contribution in [0.2, 0.25) is 0 Å². The number of rotatable bonds is 2. The molecule has 5 nitrogen and oxygen atoms in total. The van der Waals surface area contributed by atoms with E-state index in [2.05, 4.69) is 9.88 Å². The van der Waals surface area contributed by atoms with Crippen LogP contribution in [-0.2, 0) is 17.6 Å². The molecule has 0 radical (unpaired) electrons. The fraction of sp³-hybridized carbons (Fsp3) is 0.700. The quantitative estimate of drug-likeness (QED) is 0.742. The molecule has 1 aromatic heterocycles. The Balaban J connectivity index is 1.76. The summed E-state index contributed by atoms with van der Waals surface area (Å²) in [7, 11) is 0. The van der Waals surface area contributed by atoms with Gasteiger partial charge in [0.1, 0.15) is 11.4 Å². The number of hydrogen-bond donors (Lipinski definition) is 0. The molecule has 0 aromatic carbocycles. The molecule has 0 saturated carbocycles. The van der Waals surface area contributed by atoms with Gasteiger partial charge in [-0.3, -0.25) is 0 Å². The minimum absolute atomic E-state index is 0.0170. The number of ether oxygens (including phenoxy) is 1. The zero-order valence-electron chi connectivity index (χ0n) is 16.7. The summed E-state index contributed by atoms with van der Waals surface area (Å²) in [6.45, 7) is 7.41. The predicted molar refractivity (Wildman–Crippen MR) is 100 cm³/mol. The zero-order valence-corrected chi connectivity index (χ0v) is 16.7. The van der Waals surface area contributed by atoms with E-state index in [1.807, 2.05) is 20.8 Å².